The highest BCUT2D eigenvalue weighted by atomic mass is 35.5. The number of anilines is 2. The summed E-state index contributed by atoms with van der Waals surface area (Å²) >= 11 is 5.82. The minimum Gasteiger partial charge on any atom is -0.376 e. The fourth-order valence-corrected chi connectivity index (χ4v) is 2.31. The highest BCUT2D eigenvalue weighted by Gasteiger charge is 2.14. The zero-order valence-electron chi connectivity index (χ0n) is 12.5. The van der Waals surface area contributed by atoms with Crippen molar-refractivity contribution in [2.75, 3.05) is 24.3 Å². The van der Waals surface area contributed by atoms with Gasteiger partial charge in [-0.1, -0.05) is 11.6 Å². The summed E-state index contributed by atoms with van der Waals surface area (Å²) in [5.41, 5.74) is 1.82. The van der Waals surface area contributed by atoms with Gasteiger partial charge in [0, 0.05) is 31.5 Å². The van der Waals surface area contributed by atoms with Crippen molar-refractivity contribution < 1.29 is 9.18 Å². The van der Waals surface area contributed by atoms with E-state index in [1.807, 2.05) is 37.3 Å². The number of carbonyl (C=O) groups excluding carboxylic acids is 1. The van der Waals surface area contributed by atoms with Gasteiger partial charge >= 0.3 is 0 Å². The first-order chi connectivity index (χ1) is 10.9. The maximum atomic E-state index is 13.7. The molecule has 5 nitrogen and oxygen atoms in total. The van der Waals surface area contributed by atoms with Crippen molar-refractivity contribution in [3.05, 3.63) is 59.3 Å². The number of hydrogen-bond donors (Lipinski definition) is 1. The topological polar surface area (TPSA) is 49.6 Å². The number of nitrogens with zero attached hydrogens (tertiary/aromatic N) is 3. The van der Waals surface area contributed by atoms with Crippen LogP contribution in [0.1, 0.15) is 10.5 Å². The lowest BCUT2D eigenvalue weighted by atomic mass is 10.3. The smallest absolute Gasteiger partial charge is 0.275 e. The van der Waals surface area contributed by atoms with Crippen LogP contribution in [0.5, 0.6) is 0 Å². The average Bonchev–Trinajstić information content (AvgIpc) is 2.94. The molecule has 23 heavy (non-hydrogen) atoms. The Morgan fingerprint density at radius 1 is 1.26 bits per heavy atom. The van der Waals surface area contributed by atoms with Gasteiger partial charge in [0.15, 0.2) is 0 Å². The number of fused-ring (bicyclic) bond motifs is 1. The predicted octanol–water partition coefficient (Wildman–Crippen LogP) is 3.45. The molecule has 0 aliphatic rings. The van der Waals surface area contributed by atoms with E-state index in [2.05, 4.69) is 10.3 Å². The van der Waals surface area contributed by atoms with Crippen LogP contribution in [-0.2, 0) is 0 Å². The molecule has 0 radical (unpaired) electrons. The SMILES string of the molecule is CN(C)c1ccc2nc(C(=O)Nc3cc(Cl)ccc3F)cn2c1. The number of carbonyl (C=O) groups is 1. The Balaban J connectivity index is 1.90. The molecule has 0 spiro atoms. The van der Waals surface area contributed by atoms with Crippen LogP contribution in [0.15, 0.2) is 42.7 Å². The molecule has 0 saturated heterocycles. The standard InChI is InChI=1S/C16H14ClFN4O/c1-21(2)11-4-6-15-19-14(9-22(15)8-11)16(23)20-13-7-10(17)3-5-12(13)18/h3-9H,1-2H3,(H,20,23). The van der Waals surface area contributed by atoms with Crippen molar-refractivity contribution >= 4 is 34.5 Å². The largest absolute Gasteiger partial charge is 0.376 e. The second kappa shape index (κ2) is 5.89. The second-order valence-corrected chi connectivity index (χ2v) is 5.69. The summed E-state index contributed by atoms with van der Waals surface area (Å²) < 4.78 is 15.4. The molecule has 0 atom stereocenters. The minimum atomic E-state index is -0.554. The van der Waals surface area contributed by atoms with Crippen LogP contribution in [0.4, 0.5) is 15.8 Å². The molecule has 2 aromatic heterocycles. The number of benzene rings is 1. The molecule has 7 heteroatoms. The van der Waals surface area contributed by atoms with Crippen LogP contribution in [-0.4, -0.2) is 29.4 Å². The molecule has 0 aliphatic carbocycles. The van der Waals surface area contributed by atoms with Crippen LogP contribution < -0.4 is 10.2 Å². The lowest BCUT2D eigenvalue weighted by Crippen LogP contribution is -2.13. The Hall–Kier alpha value is -2.60. The highest BCUT2D eigenvalue weighted by molar-refractivity contribution is 6.31. The molecule has 0 unspecified atom stereocenters. The minimum absolute atomic E-state index is 0.0218. The van der Waals surface area contributed by atoms with Gasteiger partial charge in [-0.2, -0.15) is 0 Å². The van der Waals surface area contributed by atoms with Gasteiger partial charge in [0.1, 0.15) is 17.2 Å². The summed E-state index contributed by atoms with van der Waals surface area (Å²) in [5.74, 6) is -1.05. The normalized spacial score (nSPS) is 10.8. The van der Waals surface area contributed by atoms with Gasteiger partial charge in [-0.25, -0.2) is 9.37 Å². The van der Waals surface area contributed by atoms with Crippen molar-refractivity contribution in [3.63, 3.8) is 0 Å². The number of rotatable bonds is 3. The van der Waals surface area contributed by atoms with Crippen molar-refractivity contribution in [1.29, 1.82) is 0 Å². The molecule has 118 valence electrons. The first-order valence-electron chi connectivity index (χ1n) is 6.86. The average molecular weight is 333 g/mol. The Kier molecular flexibility index (Phi) is 3.92. The van der Waals surface area contributed by atoms with E-state index < -0.39 is 11.7 Å². The van der Waals surface area contributed by atoms with Gasteiger partial charge in [-0.15, -0.1) is 0 Å². The third kappa shape index (κ3) is 3.12. The van der Waals surface area contributed by atoms with Gasteiger partial charge in [-0.3, -0.25) is 4.79 Å². The van der Waals surface area contributed by atoms with Crippen molar-refractivity contribution in [2.45, 2.75) is 0 Å². The lowest BCUT2D eigenvalue weighted by molar-refractivity contribution is 0.102. The third-order valence-corrected chi connectivity index (χ3v) is 3.60. The van der Waals surface area contributed by atoms with Gasteiger partial charge in [-0.05, 0) is 30.3 Å². The Bertz CT molecular complexity index is 891. The van der Waals surface area contributed by atoms with Gasteiger partial charge in [0.25, 0.3) is 5.91 Å². The molecule has 3 aromatic rings. The number of nitrogens with one attached hydrogen (secondary N) is 1. The fourth-order valence-electron chi connectivity index (χ4n) is 2.13. The summed E-state index contributed by atoms with van der Waals surface area (Å²) in [6.45, 7) is 0. The van der Waals surface area contributed by atoms with Crippen LogP contribution in [0.2, 0.25) is 5.02 Å². The van der Waals surface area contributed by atoms with E-state index in [4.69, 9.17) is 11.6 Å². The molecule has 1 amide bonds. The molecular formula is C16H14ClFN4O. The van der Waals surface area contributed by atoms with Crippen LogP contribution in [0.25, 0.3) is 5.65 Å². The molecule has 1 aromatic carbocycles. The first kappa shape index (κ1) is 15.3. The summed E-state index contributed by atoms with van der Waals surface area (Å²) in [5, 5.41) is 2.82. The van der Waals surface area contributed by atoms with Crippen molar-refractivity contribution in [1.82, 2.24) is 9.38 Å². The maximum absolute atomic E-state index is 13.7. The summed E-state index contributed by atoms with van der Waals surface area (Å²) in [7, 11) is 3.85. The van der Waals surface area contributed by atoms with Crippen LogP contribution >= 0.6 is 11.6 Å². The number of hydrogen-bond acceptors (Lipinski definition) is 3. The van der Waals surface area contributed by atoms with E-state index in [1.54, 1.807) is 10.6 Å². The molecule has 0 bridgehead atoms. The molecule has 0 saturated carbocycles. The molecule has 1 N–H and O–H groups in total. The Morgan fingerprint density at radius 2 is 2.04 bits per heavy atom. The third-order valence-electron chi connectivity index (χ3n) is 3.36. The molecule has 0 fully saturated rings. The fraction of sp³-hybridized carbons (Fsp3) is 0.125. The second-order valence-electron chi connectivity index (χ2n) is 5.25. The highest BCUT2D eigenvalue weighted by Crippen LogP contribution is 2.20. The van der Waals surface area contributed by atoms with Crippen LogP contribution in [0, 0.1) is 5.82 Å². The molecule has 0 aliphatic heterocycles. The number of imidazole rings is 1. The lowest BCUT2D eigenvalue weighted by Gasteiger charge is -2.11. The van der Waals surface area contributed by atoms with E-state index in [0.717, 1.165) is 5.69 Å². The van der Waals surface area contributed by atoms with E-state index in [9.17, 15) is 9.18 Å². The zero-order chi connectivity index (χ0) is 16.6. The summed E-state index contributed by atoms with van der Waals surface area (Å²) in [6, 6.07) is 7.69. The Labute approximate surface area is 137 Å². The predicted molar refractivity (Wildman–Crippen MR) is 88.9 cm³/mol. The maximum Gasteiger partial charge on any atom is 0.275 e. The van der Waals surface area contributed by atoms with Crippen LogP contribution in [0.3, 0.4) is 0 Å². The van der Waals surface area contributed by atoms with Gasteiger partial charge < -0.3 is 14.6 Å². The Morgan fingerprint density at radius 3 is 2.78 bits per heavy atom. The number of pyridine rings is 1. The number of aromatic nitrogens is 2. The molecule has 2 heterocycles. The van der Waals surface area contributed by atoms with E-state index >= 15 is 0 Å². The number of amides is 1. The monoisotopic (exact) mass is 332 g/mol. The van der Waals surface area contributed by atoms with E-state index in [0.29, 0.717) is 10.7 Å². The molecular weight excluding hydrogens is 319 g/mol. The van der Waals surface area contributed by atoms with Crippen molar-refractivity contribution in [3.8, 4) is 0 Å². The quantitative estimate of drug-likeness (QED) is 0.799. The van der Waals surface area contributed by atoms with E-state index in [-0.39, 0.29) is 11.4 Å². The first-order valence-corrected chi connectivity index (χ1v) is 7.24. The molecule has 3 rings (SSSR count). The summed E-state index contributed by atoms with van der Waals surface area (Å²) in [4.78, 5) is 18.4. The number of halogens is 2. The summed E-state index contributed by atoms with van der Waals surface area (Å²) in [6.07, 6.45) is 3.46. The van der Waals surface area contributed by atoms with Gasteiger partial charge in [0.2, 0.25) is 0 Å². The van der Waals surface area contributed by atoms with E-state index in [1.165, 1.54) is 18.2 Å². The zero-order valence-corrected chi connectivity index (χ0v) is 13.3. The van der Waals surface area contributed by atoms with Crippen molar-refractivity contribution in [2.24, 2.45) is 0 Å². The van der Waals surface area contributed by atoms with Gasteiger partial charge in [0.05, 0.1) is 11.4 Å².